The van der Waals surface area contributed by atoms with E-state index in [1.165, 1.54) is 37.0 Å². The van der Waals surface area contributed by atoms with E-state index in [0.717, 1.165) is 25.8 Å². The summed E-state index contributed by atoms with van der Waals surface area (Å²) in [6.45, 7) is 11.3. The number of carbonyl (C=O) groups is 4. The van der Waals surface area contributed by atoms with E-state index in [0.29, 0.717) is 35.4 Å². The topological polar surface area (TPSA) is 108 Å². The van der Waals surface area contributed by atoms with Gasteiger partial charge >= 0.3 is 0 Å². The van der Waals surface area contributed by atoms with Crippen LogP contribution in [0, 0.1) is 10.8 Å². The van der Waals surface area contributed by atoms with Gasteiger partial charge in [-0.25, -0.2) is 0 Å². The Bertz CT molecular complexity index is 1030. The molecule has 8 heteroatoms. The van der Waals surface area contributed by atoms with Gasteiger partial charge in [0.05, 0.1) is 5.56 Å². The van der Waals surface area contributed by atoms with Crippen molar-refractivity contribution < 1.29 is 19.2 Å². The Morgan fingerprint density at radius 1 is 1.10 bits per heavy atom. The molecule has 1 saturated carbocycles. The lowest BCUT2D eigenvalue weighted by atomic mass is 9.64. The number of hydrogen-bond acceptors (Lipinski definition) is 6. The summed E-state index contributed by atoms with van der Waals surface area (Å²) in [5.74, 6) is -1.23. The number of hydrogen-bond donors (Lipinski definition) is 3. The third-order valence-corrected chi connectivity index (χ3v) is 9.17. The van der Waals surface area contributed by atoms with Crippen LogP contribution >= 0.6 is 0 Å². The van der Waals surface area contributed by atoms with Crippen LogP contribution in [0.5, 0.6) is 0 Å². The van der Waals surface area contributed by atoms with Crippen LogP contribution in [0.2, 0.25) is 0 Å². The molecular formula is C31H48N4O4. The fourth-order valence-electron chi connectivity index (χ4n) is 6.09. The van der Waals surface area contributed by atoms with Gasteiger partial charge in [0, 0.05) is 37.3 Å². The summed E-state index contributed by atoms with van der Waals surface area (Å²) in [4.78, 5) is 50.2. The fraction of sp³-hybridized carbons (Fsp3) is 0.677. The zero-order valence-corrected chi connectivity index (χ0v) is 24.5. The molecule has 0 spiro atoms. The van der Waals surface area contributed by atoms with E-state index in [9.17, 15) is 19.2 Å². The van der Waals surface area contributed by atoms with E-state index in [1.807, 2.05) is 0 Å². The number of benzene rings is 1. The van der Waals surface area contributed by atoms with Crippen molar-refractivity contribution in [3.63, 3.8) is 0 Å². The molecular weight excluding hydrogens is 492 g/mol. The minimum atomic E-state index is -0.742. The average molecular weight is 541 g/mol. The van der Waals surface area contributed by atoms with Gasteiger partial charge in [0.15, 0.2) is 6.29 Å². The first-order valence-electron chi connectivity index (χ1n) is 14.7. The minimum Gasteiger partial charge on any atom is -0.384 e. The lowest BCUT2D eigenvalue weighted by Gasteiger charge is -2.44. The molecule has 3 amide bonds. The second-order valence-electron chi connectivity index (χ2n) is 12.5. The second-order valence-corrected chi connectivity index (χ2v) is 12.5. The first-order valence-corrected chi connectivity index (χ1v) is 14.7. The maximum Gasteiger partial charge on any atom is 0.257 e. The number of anilines is 1. The van der Waals surface area contributed by atoms with Crippen LogP contribution < -0.4 is 16.0 Å². The number of nitrogens with one attached hydrogen (secondary N) is 3. The van der Waals surface area contributed by atoms with Crippen LogP contribution in [0.25, 0.3) is 0 Å². The molecule has 1 heterocycles. The summed E-state index contributed by atoms with van der Waals surface area (Å²) >= 11 is 0. The van der Waals surface area contributed by atoms with E-state index < -0.39 is 17.9 Å². The van der Waals surface area contributed by atoms with Crippen molar-refractivity contribution in [2.45, 2.75) is 104 Å². The SMILES string of the molecule is CN(C(=O)c1c(C=O)cccc1NCCCCCCCN[C@H]1CCCC1(C)C(C)(C)C)C1CCC(=O)NC1=O. The molecule has 0 bridgehead atoms. The highest BCUT2D eigenvalue weighted by atomic mass is 16.2. The van der Waals surface area contributed by atoms with Gasteiger partial charge in [0.2, 0.25) is 11.8 Å². The Morgan fingerprint density at radius 2 is 1.79 bits per heavy atom. The molecule has 3 atom stereocenters. The fourth-order valence-corrected chi connectivity index (χ4v) is 6.09. The van der Waals surface area contributed by atoms with Gasteiger partial charge in [-0.3, -0.25) is 24.5 Å². The zero-order chi connectivity index (χ0) is 28.6. The Kier molecular flexibility index (Phi) is 10.7. The van der Waals surface area contributed by atoms with Crippen molar-refractivity contribution in [2.24, 2.45) is 10.8 Å². The van der Waals surface area contributed by atoms with Crippen LogP contribution in [-0.4, -0.2) is 61.1 Å². The maximum absolute atomic E-state index is 13.4. The number of rotatable bonds is 13. The van der Waals surface area contributed by atoms with Gasteiger partial charge in [-0.05, 0) is 55.5 Å². The largest absolute Gasteiger partial charge is 0.384 e. The van der Waals surface area contributed by atoms with E-state index >= 15 is 0 Å². The molecule has 0 aromatic heterocycles. The molecule has 3 rings (SSSR count). The van der Waals surface area contributed by atoms with Gasteiger partial charge in [-0.1, -0.05) is 65.5 Å². The number of aldehydes is 1. The monoisotopic (exact) mass is 540 g/mol. The Labute approximate surface area is 234 Å². The van der Waals surface area contributed by atoms with Gasteiger partial charge in [0.25, 0.3) is 5.91 Å². The number of unbranched alkanes of at least 4 members (excludes halogenated alkanes) is 4. The highest BCUT2D eigenvalue weighted by Gasteiger charge is 2.46. The first kappa shape index (κ1) is 30.8. The quantitative estimate of drug-likeness (QED) is 0.186. The van der Waals surface area contributed by atoms with Crippen molar-refractivity contribution in [1.82, 2.24) is 15.5 Å². The molecule has 1 aromatic carbocycles. The molecule has 39 heavy (non-hydrogen) atoms. The Hall–Kier alpha value is -2.74. The molecule has 8 nitrogen and oxygen atoms in total. The standard InChI is InChI=1S/C31H48N4O4/c1-30(2,3)31(4)18-12-15-25(31)33-20-10-8-6-7-9-19-32-23-14-11-13-22(21-36)27(23)29(39)35(5)24-16-17-26(37)34-28(24)38/h11,13-14,21,24-25,32-33H,6-10,12,15-20H2,1-5H3,(H,34,37,38)/t24?,25-,31?/m0/s1. The number of piperidine rings is 1. The maximum atomic E-state index is 13.4. The molecule has 2 unspecified atom stereocenters. The number of nitrogens with zero attached hydrogens (tertiary/aromatic N) is 1. The van der Waals surface area contributed by atoms with Crippen molar-refractivity contribution >= 4 is 29.7 Å². The molecule has 1 aliphatic carbocycles. The van der Waals surface area contributed by atoms with Crippen molar-refractivity contribution in [3.8, 4) is 0 Å². The van der Waals surface area contributed by atoms with Crippen LogP contribution in [0.4, 0.5) is 5.69 Å². The summed E-state index contributed by atoms with van der Waals surface area (Å²) in [6.07, 6.45) is 10.6. The van der Waals surface area contributed by atoms with Gasteiger partial charge < -0.3 is 15.5 Å². The molecule has 216 valence electrons. The molecule has 2 fully saturated rings. The van der Waals surface area contributed by atoms with Crippen LogP contribution in [0.3, 0.4) is 0 Å². The van der Waals surface area contributed by atoms with E-state index in [2.05, 4.69) is 43.6 Å². The molecule has 1 aromatic rings. The summed E-state index contributed by atoms with van der Waals surface area (Å²) in [7, 11) is 1.54. The molecule has 0 radical (unpaired) electrons. The summed E-state index contributed by atoms with van der Waals surface area (Å²) in [6, 6.07) is 5.01. The summed E-state index contributed by atoms with van der Waals surface area (Å²) in [5, 5.41) is 9.47. The second kappa shape index (κ2) is 13.6. The number of imide groups is 1. The first-order chi connectivity index (χ1) is 18.5. The lowest BCUT2D eigenvalue weighted by molar-refractivity contribution is -0.136. The lowest BCUT2D eigenvalue weighted by Crippen LogP contribution is -2.53. The smallest absolute Gasteiger partial charge is 0.257 e. The predicted octanol–water partition coefficient (Wildman–Crippen LogP) is 4.93. The molecule has 1 aliphatic heterocycles. The average Bonchev–Trinajstić information content (AvgIpc) is 3.28. The highest BCUT2D eigenvalue weighted by Crippen LogP contribution is 2.50. The van der Waals surface area contributed by atoms with E-state index in [4.69, 9.17) is 0 Å². The van der Waals surface area contributed by atoms with Crippen LogP contribution in [-0.2, 0) is 9.59 Å². The summed E-state index contributed by atoms with van der Waals surface area (Å²) in [5.41, 5.74) is 1.80. The van der Waals surface area contributed by atoms with Gasteiger partial charge in [0.1, 0.15) is 6.04 Å². The minimum absolute atomic E-state index is 0.182. The Balaban J connectivity index is 1.43. The third-order valence-electron chi connectivity index (χ3n) is 9.17. The van der Waals surface area contributed by atoms with Crippen molar-refractivity contribution in [1.29, 1.82) is 0 Å². The molecule has 2 aliphatic rings. The normalized spacial score (nSPS) is 23.4. The Morgan fingerprint density at radius 3 is 2.46 bits per heavy atom. The van der Waals surface area contributed by atoms with Gasteiger partial charge in [-0.15, -0.1) is 0 Å². The van der Waals surface area contributed by atoms with Crippen LogP contribution in [0.15, 0.2) is 18.2 Å². The van der Waals surface area contributed by atoms with E-state index in [1.54, 1.807) is 25.2 Å². The third kappa shape index (κ3) is 7.47. The summed E-state index contributed by atoms with van der Waals surface area (Å²) < 4.78 is 0. The van der Waals surface area contributed by atoms with E-state index in [-0.39, 0.29) is 29.9 Å². The van der Waals surface area contributed by atoms with Gasteiger partial charge in [-0.2, -0.15) is 0 Å². The molecule has 1 saturated heterocycles. The highest BCUT2D eigenvalue weighted by molar-refractivity contribution is 6.08. The number of likely N-dealkylation sites (N-methyl/N-ethyl adjacent to an activating group) is 1. The number of carbonyl (C=O) groups excluding carboxylic acids is 4. The molecule has 3 N–H and O–H groups in total. The van der Waals surface area contributed by atoms with Crippen LogP contribution in [0.1, 0.15) is 113 Å². The number of amides is 3. The van der Waals surface area contributed by atoms with Crippen molar-refractivity contribution in [3.05, 3.63) is 29.3 Å². The van der Waals surface area contributed by atoms with Crippen molar-refractivity contribution in [2.75, 3.05) is 25.5 Å². The zero-order valence-electron chi connectivity index (χ0n) is 24.5. The predicted molar refractivity (Wildman–Crippen MR) is 155 cm³/mol.